The lowest BCUT2D eigenvalue weighted by Gasteiger charge is -2.41. The van der Waals surface area contributed by atoms with E-state index in [9.17, 15) is 0 Å². The SMILES string of the molecule is COc1cccc2c1C(N)=NC21OC(C)O1. The molecular formula is C11H12N2O3. The second-order valence-corrected chi connectivity index (χ2v) is 3.77. The zero-order valence-electron chi connectivity index (χ0n) is 9.06. The summed E-state index contributed by atoms with van der Waals surface area (Å²) in [5, 5.41) is 0. The standard InChI is InChI=1S/C11H12N2O3/c1-6-15-11(16-6)7-4-3-5-8(14-2)9(7)10(12)13-11/h3-6H,1-2H3,(H2,12,13). The molecule has 2 heterocycles. The number of amidine groups is 1. The van der Waals surface area contributed by atoms with Crippen molar-refractivity contribution in [2.45, 2.75) is 19.1 Å². The first kappa shape index (κ1) is 9.62. The molecule has 16 heavy (non-hydrogen) atoms. The normalized spacial score (nSPS) is 30.9. The minimum Gasteiger partial charge on any atom is -0.496 e. The molecule has 1 saturated heterocycles. The quantitative estimate of drug-likeness (QED) is 0.764. The molecule has 0 atom stereocenters. The van der Waals surface area contributed by atoms with E-state index in [1.54, 1.807) is 7.11 Å². The van der Waals surface area contributed by atoms with Crippen LogP contribution < -0.4 is 10.5 Å². The average Bonchev–Trinajstić information content (AvgIpc) is 2.52. The van der Waals surface area contributed by atoms with Crippen LogP contribution in [0.3, 0.4) is 0 Å². The molecule has 5 heteroatoms. The van der Waals surface area contributed by atoms with Crippen LogP contribution >= 0.6 is 0 Å². The Kier molecular flexibility index (Phi) is 1.78. The zero-order valence-corrected chi connectivity index (χ0v) is 9.06. The maximum absolute atomic E-state index is 5.86. The summed E-state index contributed by atoms with van der Waals surface area (Å²) in [7, 11) is 1.60. The zero-order chi connectivity index (χ0) is 11.3. The van der Waals surface area contributed by atoms with Gasteiger partial charge in [-0.2, -0.15) is 0 Å². The second-order valence-electron chi connectivity index (χ2n) is 3.77. The Morgan fingerprint density at radius 1 is 1.44 bits per heavy atom. The highest BCUT2D eigenvalue weighted by atomic mass is 16.9. The number of fused-ring (bicyclic) bond motifs is 2. The van der Waals surface area contributed by atoms with Gasteiger partial charge in [-0.1, -0.05) is 12.1 Å². The molecule has 0 bridgehead atoms. The Labute approximate surface area is 92.8 Å². The number of nitrogens with two attached hydrogens (primary N) is 1. The Balaban J connectivity index is 2.15. The van der Waals surface area contributed by atoms with Gasteiger partial charge in [0.15, 0.2) is 6.29 Å². The number of hydrogen-bond donors (Lipinski definition) is 1. The topological polar surface area (TPSA) is 66.1 Å². The third-order valence-electron chi connectivity index (χ3n) is 2.76. The van der Waals surface area contributed by atoms with E-state index >= 15 is 0 Å². The van der Waals surface area contributed by atoms with Crippen molar-refractivity contribution in [3.63, 3.8) is 0 Å². The van der Waals surface area contributed by atoms with Crippen LogP contribution in [-0.2, 0) is 15.4 Å². The third kappa shape index (κ3) is 1.04. The predicted octanol–water partition coefficient (Wildman–Crippen LogP) is 0.917. The van der Waals surface area contributed by atoms with Gasteiger partial charge in [0.05, 0.1) is 18.2 Å². The molecular weight excluding hydrogens is 208 g/mol. The van der Waals surface area contributed by atoms with Crippen molar-refractivity contribution in [2.24, 2.45) is 10.7 Å². The molecule has 0 radical (unpaired) electrons. The Bertz CT molecular complexity index is 478. The fourth-order valence-electron chi connectivity index (χ4n) is 2.14. The summed E-state index contributed by atoms with van der Waals surface area (Å²) < 4.78 is 16.3. The van der Waals surface area contributed by atoms with Gasteiger partial charge in [0.25, 0.3) is 0 Å². The molecule has 0 unspecified atom stereocenters. The lowest BCUT2D eigenvalue weighted by molar-refractivity contribution is -0.451. The van der Waals surface area contributed by atoms with Crippen LogP contribution in [0.4, 0.5) is 0 Å². The van der Waals surface area contributed by atoms with Crippen molar-refractivity contribution in [3.8, 4) is 5.75 Å². The third-order valence-corrected chi connectivity index (χ3v) is 2.76. The van der Waals surface area contributed by atoms with Crippen molar-refractivity contribution < 1.29 is 14.2 Å². The lowest BCUT2D eigenvalue weighted by atomic mass is 10.0. The minimum absolute atomic E-state index is 0.256. The highest BCUT2D eigenvalue weighted by Gasteiger charge is 2.52. The van der Waals surface area contributed by atoms with E-state index < -0.39 is 5.91 Å². The molecule has 1 aromatic carbocycles. The van der Waals surface area contributed by atoms with E-state index in [0.29, 0.717) is 11.6 Å². The van der Waals surface area contributed by atoms with Crippen LogP contribution in [0.5, 0.6) is 5.75 Å². The van der Waals surface area contributed by atoms with Gasteiger partial charge in [-0.3, -0.25) is 9.47 Å². The molecule has 3 rings (SSSR count). The van der Waals surface area contributed by atoms with Gasteiger partial charge in [0.2, 0.25) is 0 Å². The summed E-state index contributed by atoms with van der Waals surface area (Å²) in [5.41, 5.74) is 7.43. The first-order valence-electron chi connectivity index (χ1n) is 5.05. The molecule has 1 spiro atoms. The van der Waals surface area contributed by atoms with Crippen LogP contribution in [0.25, 0.3) is 0 Å². The van der Waals surface area contributed by atoms with Crippen LogP contribution in [0.15, 0.2) is 23.2 Å². The van der Waals surface area contributed by atoms with E-state index in [0.717, 1.165) is 11.1 Å². The average molecular weight is 220 g/mol. The number of aliphatic imine (C=N–C) groups is 1. The molecule has 0 aliphatic carbocycles. The number of benzene rings is 1. The Hall–Kier alpha value is -1.59. The molecule has 0 saturated carbocycles. The van der Waals surface area contributed by atoms with Crippen LogP contribution in [0.1, 0.15) is 18.1 Å². The van der Waals surface area contributed by atoms with Gasteiger partial charge < -0.3 is 10.5 Å². The van der Waals surface area contributed by atoms with E-state index in [-0.39, 0.29) is 6.29 Å². The maximum atomic E-state index is 5.86. The van der Waals surface area contributed by atoms with Crippen LogP contribution in [0, 0.1) is 0 Å². The largest absolute Gasteiger partial charge is 0.496 e. The highest BCUT2D eigenvalue weighted by molar-refractivity contribution is 6.04. The first-order valence-corrected chi connectivity index (χ1v) is 5.05. The van der Waals surface area contributed by atoms with Crippen LogP contribution in [0.2, 0.25) is 0 Å². The Morgan fingerprint density at radius 2 is 2.19 bits per heavy atom. The minimum atomic E-state index is -1.03. The molecule has 2 N–H and O–H groups in total. The molecule has 0 amide bonds. The smallest absolute Gasteiger partial charge is 0.305 e. The lowest BCUT2D eigenvalue weighted by Crippen LogP contribution is -2.47. The van der Waals surface area contributed by atoms with Crippen molar-refractivity contribution in [1.29, 1.82) is 0 Å². The number of hydrogen-bond acceptors (Lipinski definition) is 5. The molecule has 1 fully saturated rings. The highest BCUT2D eigenvalue weighted by Crippen LogP contribution is 2.47. The summed E-state index contributed by atoms with van der Waals surface area (Å²) in [6.07, 6.45) is -0.256. The monoisotopic (exact) mass is 220 g/mol. The maximum Gasteiger partial charge on any atom is 0.305 e. The fraction of sp³-hybridized carbons (Fsp3) is 0.364. The molecule has 2 aliphatic rings. The number of methoxy groups -OCH3 is 1. The summed E-state index contributed by atoms with van der Waals surface area (Å²) in [6, 6.07) is 5.58. The molecule has 2 aliphatic heterocycles. The fourth-order valence-corrected chi connectivity index (χ4v) is 2.14. The van der Waals surface area contributed by atoms with Gasteiger partial charge in [-0.25, -0.2) is 4.99 Å². The van der Waals surface area contributed by atoms with Crippen LogP contribution in [-0.4, -0.2) is 19.2 Å². The van der Waals surface area contributed by atoms with E-state index in [1.807, 2.05) is 25.1 Å². The van der Waals surface area contributed by atoms with Gasteiger partial charge in [0.1, 0.15) is 11.6 Å². The van der Waals surface area contributed by atoms with Crippen molar-refractivity contribution in [3.05, 3.63) is 29.3 Å². The predicted molar refractivity (Wildman–Crippen MR) is 57.0 cm³/mol. The summed E-state index contributed by atoms with van der Waals surface area (Å²) in [5.74, 6) is 0.0367. The van der Waals surface area contributed by atoms with E-state index in [1.165, 1.54) is 0 Å². The van der Waals surface area contributed by atoms with Crippen molar-refractivity contribution in [1.82, 2.24) is 0 Å². The number of rotatable bonds is 1. The molecule has 5 nitrogen and oxygen atoms in total. The number of ether oxygens (including phenoxy) is 3. The van der Waals surface area contributed by atoms with Gasteiger partial charge in [0, 0.05) is 0 Å². The molecule has 84 valence electrons. The van der Waals surface area contributed by atoms with Gasteiger partial charge in [-0.05, 0) is 13.0 Å². The van der Waals surface area contributed by atoms with Gasteiger partial charge in [-0.15, -0.1) is 0 Å². The van der Waals surface area contributed by atoms with Crippen molar-refractivity contribution in [2.75, 3.05) is 7.11 Å². The first-order chi connectivity index (χ1) is 7.66. The number of nitrogens with zero attached hydrogens (tertiary/aromatic N) is 1. The van der Waals surface area contributed by atoms with Crippen molar-refractivity contribution >= 4 is 5.84 Å². The van der Waals surface area contributed by atoms with Gasteiger partial charge >= 0.3 is 5.91 Å². The summed E-state index contributed by atoms with van der Waals surface area (Å²) in [4.78, 5) is 4.22. The second kappa shape index (κ2) is 2.96. The van der Waals surface area contributed by atoms with E-state index in [4.69, 9.17) is 19.9 Å². The van der Waals surface area contributed by atoms with E-state index in [2.05, 4.69) is 4.99 Å². The Morgan fingerprint density at radius 3 is 2.81 bits per heavy atom. The molecule has 0 aromatic heterocycles. The summed E-state index contributed by atoms with van der Waals surface area (Å²) in [6.45, 7) is 1.81. The summed E-state index contributed by atoms with van der Waals surface area (Å²) >= 11 is 0. The molecule has 1 aromatic rings.